The van der Waals surface area contributed by atoms with Crippen LogP contribution >= 0.6 is 0 Å². The predicted molar refractivity (Wildman–Crippen MR) is 218 cm³/mol. The highest BCUT2D eigenvalue weighted by atomic mass is 16.6. The average molecular weight is 795 g/mol. The molecule has 0 bridgehead atoms. The van der Waals surface area contributed by atoms with Gasteiger partial charge in [-0.25, -0.2) is 19.2 Å². The summed E-state index contributed by atoms with van der Waals surface area (Å²) in [5.74, 6) is -0.193. The first kappa shape index (κ1) is 44.3. The van der Waals surface area contributed by atoms with Gasteiger partial charge in [-0.05, 0) is 54.9 Å². The fraction of sp³-hybridized carbons (Fsp3) is 0.356. The summed E-state index contributed by atoms with van der Waals surface area (Å²) in [6.07, 6.45) is -0.264. The number of Topliss-reactive ketones (excluding diaryl/α,β-unsaturated/α-hetero) is 1. The number of alkyl carbamates (subject to hydrolysis) is 1. The summed E-state index contributed by atoms with van der Waals surface area (Å²) in [4.78, 5) is 68.4. The maximum Gasteiger partial charge on any atom is 0.410 e. The van der Waals surface area contributed by atoms with E-state index < -0.39 is 24.4 Å². The number of ketones is 1. The Hall–Kier alpha value is -6.37. The van der Waals surface area contributed by atoms with Gasteiger partial charge in [-0.2, -0.15) is 0 Å². The van der Waals surface area contributed by atoms with Crippen LogP contribution in [0.1, 0.15) is 54.9 Å². The molecule has 4 amide bonds. The highest BCUT2D eigenvalue weighted by Gasteiger charge is 2.21. The smallest absolute Gasteiger partial charge is 0.410 e. The third-order valence-electron chi connectivity index (χ3n) is 8.85. The topological polar surface area (TPSA) is 144 Å². The van der Waals surface area contributed by atoms with Gasteiger partial charge in [-0.15, -0.1) is 0 Å². The number of carbonyl (C=O) groups is 5. The standard InChI is InChI=1S/C45H54N4O9/c1-37(50)32-49(45(54)58-36-41-24-12-5-13-25-41)31-17-30-48(44(53)57-35-40-22-10-4-11-23-40)28-15-14-27-47(43(52)56-34-39-20-8-3-9-21-39)29-16-26-46-42(51)55-33-38-18-6-2-7-19-38/h2-13,18-25H,14-17,26-36H2,1H3,(H,46,51). The molecule has 4 aromatic carbocycles. The van der Waals surface area contributed by atoms with E-state index in [1.165, 1.54) is 11.8 Å². The summed E-state index contributed by atoms with van der Waals surface area (Å²) in [5.41, 5.74) is 3.40. The molecule has 0 unspecified atom stereocenters. The highest BCUT2D eigenvalue weighted by molar-refractivity contribution is 5.82. The van der Waals surface area contributed by atoms with Crippen LogP contribution < -0.4 is 5.32 Å². The van der Waals surface area contributed by atoms with E-state index in [-0.39, 0.29) is 58.4 Å². The molecule has 0 spiro atoms. The summed E-state index contributed by atoms with van der Waals surface area (Å²) >= 11 is 0. The minimum atomic E-state index is -0.615. The number of hydrogen-bond acceptors (Lipinski definition) is 9. The van der Waals surface area contributed by atoms with Crippen molar-refractivity contribution in [2.45, 2.75) is 59.0 Å². The van der Waals surface area contributed by atoms with Gasteiger partial charge in [0.15, 0.2) is 0 Å². The summed E-state index contributed by atoms with van der Waals surface area (Å²) in [7, 11) is 0. The second-order valence-corrected chi connectivity index (χ2v) is 13.6. The zero-order chi connectivity index (χ0) is 41.2. The number of ether oxygens (including phenoxy) is 4. The number of hydrogen-bond donors (Lipinski definition) is 1. The van der Waals surface area contributed by atoms with Crippen molar-refractivity contribution in [2.75, 3.05) is 45.8 Å². The van der Waals surface area contributed by atoms with Crippen molar-refractivity contribution in [3.8, 4) is 0 Å². The monoisotopic (exact) mass is 794 g/mol. The normalized spacial score (nSPS) is 10.5. The largest absolute Gasteiger partial charge is 0.445 e. The quantitative estimate of drug-likeness (QED) is 0.0584. The molecule has 13 heteroatoms. The van der Waals surface area contributed by atoms with E-state index in [2.05, 4.69) is 5.32 Å². The zero-order valence-corrected chi connectivity index (χ0v) is 33.2. The molecule has 0 radical (unpaired) electrons. The Balaban J connectivity index is 1.31. The number of benzene rings is 4. The number of nitrogens with zero attached hydrogens (tertiary/aromatic N) is 3. The molecule has 308 valence electrons. The summed E-state index contributed by atoms with van der Waals surface area (Å²) in [5, 5.41) is 2.73. The highest BCUT2D eigenvalue weighted by Crippen LogP contribution is 2.11. The van der Waals surface area contributed by atoms with Gasteiger partial charge < -0.3 is 39.0 Å². The minimum absolute atomic E-state index is 0.0701. The van der Waals surface area contributed by atoms with Crippen molar-refractivity contribution >= 4 is 30.2 Å². The van der Waals surface area contributed by atoms with Crippen molar-refractivity contribution in [1.29, 1.82) is 0 Å². The van der Waals surface area contributed by atoms with Gasteiger partial charge in [-0.1, -0.05) is 121 Å². The lowest BCUT2D eigenvalue weighted by Gasteiger charge is -2.26. The van der Waals surface area contributed by atoms with Crippen molar-refractivity contribution in [3.05, 3.63) is 144 Å². The Bertz CT molecular complexity index is 1820. The zero-order valence-electron chi connectivity index (χ0n) is 33.2. The first-order valence-corrected chi connectivity index (χ1v) is 19.6. The van der Waals surface area contributed by atoms with E-state index in [1.807, 2.05) is 121 Å². The van der Waals surface area contributed by atoms with E-state index in [4.69, 9.17) is 18.9 Å². The van der Waals surface area contributed by atoms with Crippen LogP contribution in [0.4, 0.5) is 19.2 Å². The summed E-state index contributed by atoms with van der Waals surface area (Å²) < 4.78 is 22.1. The fourth-order valence-corrected chi connectivity index (χ4v) is 5.82. The van der Waals surface area contributed by atoms with Gasteiger partial charge >= 0.3 is 24.4 Å². The molecule has 58 heavy (non-hydrogen) atoms. The maximum atomic E-state index is 13.4. The Morgan fingerprint density at radius 3 is 1.16 bits per heavy atom. The molecule has 0 atom stereocenters. The van der Waals surface area contributed by atoms with Crippen molar-refractivity contribution in [1.82, 2.24) is 20.0 Å². The van der Waals surface area contributed by atoms with Crippen LogP contribution in [0.5, 0.6) is 0 Å². The second kappa shape index (κ2) is 25.7. The van der Waals surface area contributed by atoms with Crippen LogP contribution in [-0.4, -0.2) is 90.7 Å². The number of rotatable bonds is 23. The fourth-order valence-electron chi connectivity index (χ4n) is 5.82. The molecular weight excluding hydrogens is 741 g/mol. The number of amides is 4. The Labute approximate surface area is 340 Å². The number of unbranched alkanes of at least 4 members (excludes halogenated alkanes) is 1. The first-order chi connectivity index (χ1) is 28.3. The molecule has 0 aliphatic carbocycles. The molecule has 4 aromatic rings. The number of nitrogens with one attached hydrogen (secondary N) is 1. The molecule has 0 saturated heterocycles. The van der Waals surface area contributed by atoms with E-state index in [0.29, 0.717) is 45.3 Å². The Morgan fingerprint density at radius 1 is 0.431 bits per heavy atom. The molecule has 0 aliphatic rings. The van der Waals surface area contributed by atoms with E-state index >= 15 is 0 Å². The van der Waals surface area contributed by atoms with Crippen LogP contribution in [0, 0.1) is 0 Å². The van der Waals surface area contributed by atoms with Gasteiger partial charge in [0.1, 0.15) is 32.2 Å². The van der Waals surface area contributed by atoms with Crippen LogP contribution in [0.3, 0.4) is 0 Å². The molecule has 0 saturated carbocycles. The van der Waals surface area contributed by atoms with E-state index in [9.17, 15) is 24.0 Å². The van der Waals surface area contributed by atoms with Gasteiger partial charge in [0, 0.05) is 39.3 Å². The average Bonchev–Trinajstić information content (AvgIpc) is 3.25. The second-order valence-electron chi connectivity index (χ2n) is 13.6. The molecule has 4 rings (SSSR count). The summed E-state index contributed by atoms with van der Waals surface area (Å²) in [6, 6.07) is 37.4. The number of carbonyl (C=O) groups excluding carboxylic acids is 5. The lowest BCUT2D eigenvalue weighted by atomic mass is 10.2. The van der Waals surface area contributed by atoms with E-state index in [1.54, 1.807) is 9.80 Å². The van der Waals surface area contributed by atoms with Gasteiger partial charge in [0.2, 0.25) is 0 Å². The van der Waals surface area contributed by atoms with Gasteiger partial charge in [-0.3, -0.25) is 4.79 Å². The Kier molecular flexibility index (Phi) is 19.7. The first-order valence-electron chi connectivity index (χ1n) is 19.6. The van der Waals surface area contributed by atoms with E-state index in [0.717, 1.165) is 22.3 Å². The third-order valence-corrected chi connectivity index (χ3v) is 8.85. The molecule has 0 aromatic heterocycles. The van der Waals surface area contributed by atoms with Gasteiger partial charge in [0.05, 0.1) is 6.54 Å². The van der Waals surface area contributed by atoms with Crippen LogP contribution in [-0.2, 0) is 50.2 Å². The SMILES string of the molecule is CC(=O)CN(CCCN(CCCCN(CCCNC(=O)OCc1ccccc1)C(=O)OCc1ccccc1)C(=O)OCc1ccccc1)C(=O)OCc1ccccc1. The molecule has 0 aliphatic heterocycles. The minimum Gasteiger partial charge on any atom is -0.445 e. The molecule has 0 fully saturated rings. The van der Waals surface area contributed by atoms with Crippen molar-refractivity contribution < 1.29 is 42.9 Å². The molecule has 1 N–H and O–H groups in total. The lowest BCUT2D eigenvalue weighted by Crippen LogP contribution is -2.39. The predicted octanol–water partition coefficient (Wildman–Crippen LogP) is 7.98. The molecule has 0 heterocycles. The van der Waals surface area contributed by atoms with Crippen molar-refractivity contribution in [2.24, 2.45) is 0 Å². The van der Waals surface area contributed by atoms with Crippen LogP contribution in [0.25, 0.3) is 0 Å². The Morgan fingerprint density at radius 2 is 0.759 bits per heavy atom. The van der Waals surface area contributed by atoms with Crippen LogP contribution in [0.15, 0.2) is 121 Å². The van der Waals surface area contributed by atoms with Gasteiger partial charge in [0.25, 0.3) is 0 Å². The maximum absolute atomic E-state index is 13.4. The third kappa shape index (κ3) is 17.6. The van der Waals surface area contributed by atoms with Crippen LogP contribution in [0.2, 0.25) is 0 Å². The van der Waals surface area contributed by atoms with Crippen molar-refractivity contribution in [3.63, 3.8) is 0 Å². The molecule has 13 nitrogen and oxygen atoms in total. The molecular formula is C45H54N4O9. The lowest BCUT2D eigenvalue weighted by molar-refractivity contribution is -0.118. The summed E-state index contributed by atoms with van der Waals surface area (Å²) in [6.45, 7) is 3.43.